The smallest absolute Gasteiger partial charge is 0.230 e. The number of hydrogen-bond acceptors (Lipinski definition) is 2. The number of nitrogens with zero attached hydrogens (tertiary/aromatic N) is 1. The number of nitrogens with one attached hydrogen (secondary N) is 1. The first-order chi connectivity index (χ1) is 8.49. The second kappa shape index (κ2) is 5.26. The van der Waals surface area contributed by atoms with Gasteiger partial charge < -0.3 is 5.32 Å². The van der Waals surface area contributed by atoms with E-state index in [0.717, 1.165) is 11.3 Å². The van der Waals surface area contributed by atoms with Crippen LogP contribution in [-0.2, 0) is 4.79 Å². The van der Waals surface area contributed by atoms with E-state index in [9.17, 15) is 4.79 Å². The van der Waals surface area contributed by atoms with E-state index >= 15 is 0 Å². The molecule has 0 unspecified atom stereocenters. The van der Waals surface area contributed by atoms with Crippen molar-refractivity contribution in [3.05, 3.63) is 39.5 Å². The molecule has 1 amide bonds. The molecule has 0 aliphatic carbocycles. The molecule has 0 atom stereocenters. The number of benzene rings is 1. The maximum absolute atomic E-state index is 11.5. The lowest BCUT2D eigenvalue weighted by Crippen LogP contribution is -2.31. The summed E-state index contributed by atoms with van der Waals surface area (Å²) in [6.45, 7) is 2.00. The standard InChI is InChI=1S/C12H10Cl2N2OS/c1-7(17)16-9(6-15-12(16)18)4-8-2-3-10(13)11(14)5-8/h2-5H,6H2,1H3,(H,15,18)/b9-4+. The van der Waals surface area contributed by atoms with Gasteiger partial charge >= 0.3 is 0 Å². The van der Waals surface area contributed by atoms with E-state index in [1.807, 2.05) is 12.1 Å². The number of halogens is 2. The fraction of sp³-hybridized carbons (Fsp3) is 0.167. The van der Waals surface area contributed by atoms with Crippen molar-refractivity contribution in [2.45, 2.75) is 6.92 Å². The van der Waals surface area contributed by atoms with E-state index in [-0.39, 0.29) is 5.91 Å². The summed E-state index contributed by atoms with van der Waals surface area (Å²) in [6, 6.07) is 5.30. The van der Waals surface area contributed by atoms with E-state index in [4.69, 9.17) is 35.4 Å². The van der Waals surface area contributed by atoms with Crippen molar-refractivity contribution in [3.8, 4) is 0 Å². The van der Waals surface area contributed by atoms with Crippen molar-refractivity contribution in [2.24, 2.45) is 0 Å². The quantitative estimate of drug-likeness (QED) is 0.809. The summed E-state index contributed by atoms with van der Waals surface area (Å²) in [5, 5.41) is 4.36. The maximum Gasteiger partial charge on any atom is 0.230 e. The van der Waals surface area contributed by atoms with Gasteiger partial charge in [0, 0.05) is 12.6 Å². The number of amides is 1. The molecule has 0 spiro atoms. The van der Waals surface area contributed by atoms with Gasteiger partial charge in [-0.25, -0.2) is 0 Å². The third-order valence-corrected chi connectivity index (χ3v) is 3.57. The van der Waals surface area contributed by atoms with Gasteiger partial charge in [-0.05, 0) is 36.0 Å². The zero-order valence-electron chi connectivity index (χ0n) is 9.54. The van der Waals surface area contributed by atoms with Crippen LogP contribution in [0.5, 0.6) is 0 Å². The second-order valence-corrected chi connectivity index (χ2v) is 5.02. The molecule has 1 N–H and O–H groups in total. The summed E-state index contributed by atoms with van der Waals surface area (Å²) in [6.07, 6.45) is 1.86. The molecule has 1 aromatic rings. The van der Waals surface area contributed by atoms with Gasteiger partial charge in [0.2, 0.25) is 5.91 Å². The first-order valence-corrected chi connectivity index (χ1v) is 6.39. The molecule has 0 bridgehead atoms. The number of carbonyl (C=O) groups is 1. The Balaban J connectivity index is 2.35. The zero-order valence-corrected chi connectivity index (χ0v) is 11.9. The van der Waals surface area contributed by atoms with Crippen LogP contribution in [0.15, 0.2) is 23.9 Å². The first kappa shape index (κ1) is 13.3. The lowest BCUT2D eigenvalue weighted by Gasteiger charge is -2.13. The van der Waals surface area contributed by atoms with Crippen LogP contribution in [-0.4, -0.2) is 22.5 Å². The fourth-order valence-corrected chi connectivity index (χ4v) is 2.33. The van der Waals surface area contributed by atoms with Gasteiger partial charge in [-0.1, -0.05) is 29.3 Å². The SMILES string of the molecule is CC(=O)N1C(=S)NC/C1=C\c1ccc(Cl)c(Cl)c1. The Hall–Kier alpha value is -1.10. The molecule has 1 aliphatic heterocycles. The van der Waals surface area contributed by atoms with Crippen LogP contribution in [0.25, 0.3) is 6.08 Å². The number of hydrogen-bond donors (Lipinski definition) is 1. The average Bonchev–Trinajstić information content (AvgIpc) is 2.65. The van der Waals surface area contributed by atoms with Gasteiger partial charge in [-0.3, -0.25) is 9.69 Å². The average molecular weight is 301 g/mol. The highest BCUT2D eigenvalue weighted by molar-refractivity contribution is 7.80. The Morgan fingerprint density at radius 2 is 2.17 bits per heavy atom. The van der Waals surface area contributed by atoms with Crippen LogP contribution < -0.4 is 5.32 Å². The lowest BCUT2D eigenvalue weighted by molar-refractivity contribution is -0.123. The van der Waals surface area contributed by atoms with Crippen molar-refractivity contribution >= 4 is 52.5 Å². The van der Waals surface area contributed by atoms with Crippen molar-refractivity contribution in [3.63, 3.8) is 0 Å². The van der Waals surface area contributed by atoms with Crippen LogP contribution in [0.1, 0.15) is 12.5 Å². The molecular formula is C12H10Cl2N2OS. The molecule has 6 heteroatoms. The number of thiocarbonyl (C=S) groups is 1. The first-order valence-electron chi connectivity index (χ1n) is 5.23. The molecule has 18 heavy (non-hydrogen) atoms. The Morgan fingerprint density at radius 1 is 1.44 bits per heavy atom. The Kier molecular flexibility index (Phi) is 3.90. The van der Waals surface area contributed by atoms with Gasteiger partial charge in [0.25, 0.3) is 0 Å². The second-order valence-electron chi connectivity index (χ2n) is 3.82. The Bertz CT molecular complexity index is 557. The number of carbonyl (C=O) groups excluding carboxylic acids is 1. The molecule has 1 saturated heterocycles. The van der Waals surface area contributed by atoms with Crippen molar-refractivity contribution < 1.29 is 4.79 Å². The van der Waals surface area contributed by atoms with Crippen LogP contribution in [0.3, 0.4) is 0 Å². The molecule has 1 aromatic carbocycles. The minimum absolute atomic E-state index is 0.115. The molecule has 0 aromatic heterocycles. The third kappa shape index (κ3) is 2.66. The van der Waals surface area contributed by atoms with Gasteiger partial charge in [0.15, 0.2) is 5.11 Å². The monoisotopic (exact) mass is 300 g/mol. The molecule has 2 rings (SSSR count). The molecule has 1 fully saturated rings. The summed E-state index contributed by atoms with van der Waals surface area (Å²) >= 11 is 16.9. The Labute approximate surface area is 120 Å². The largest absolute Gasteiger partial charge is 0.356 e. The Morgan fingerprint density at radius 3 is 2.78 bits per heavy atom. The molecule has 0 saturated carbocycles. The van der Waals surface area contributed by atoms with E-state index < -0.39 is 0 Å². The summed E-state index contributed by atoms with van der Waals surface area (Å²) in [5.41, 5.74) is 1.67. The number of rotatable bonds is 1. The van der Waals surface area contributed by atoms with Crippen LogP contribution in [0.2, 0.25) is 10.0 Å². The summed E-state index contributed by atoms with van der Waals surface area (Å²) in [7, 11) is 0. The van der Waals surface area contributed by atoms with Crippen molar-refractivity contribution in [2.75, 3.05) is 6.54 Å². The predicted molar refractivity (Wildman–Crippen MR) is 77.6 cm³/mol. The van der Waals surface area contributed by atoms with Crippen molar-refractivity contribution in [1.82, 2.24) is 10.2 Å². The summed E-state index contributed by atoms with van der Waals surface area (Å²) < 4.78 is 0. The van der Waals surface area contributed by atoms with Crippen LogP contribution >= 0.6 is 35.4 Å². The minimum atomic E-state index is -0.115. The molecule has 3 nitrogen and oxygen atoms in total. The van der Waals surface area contributed by atoms with Gasteiger partial charge in [-0.2, -0.15) is 0 Å². The topological polar surface area (TPSA) is 32.3 Å². The molecular weight excluding hydrogens is 291 g/mol. The van der Waals surface area contributed by atoms with E-state index in [0.29, 0.717) is 21.7 Å². The third-order valence-electron chi connectivity index (χ3n) is 2.50. The lowest BCUT2D eigenvalue weighted by atomic mass is 10.2. The maximum atomic E-state index is 11.5. The molecule has 94 valence electrons. The highest BCUT2D eigenvalue weighted by atomic mass is 35.5. The van der Waals surface area contributed by atoms with Crippen LogP contribution in [0.4, 0.5) is 0 Å². The molecule has 1 aliphatic rings. The summed E-state index contributed by atoms with van der Waals surface area (Å²) in [5.74, 6) is -0.115. The van der Waals surface area contributed by atoms with Gasteiger partial charge in [0.1, 0.15) is 0 Å². The fourth-order valence-electron chi connectivity index (χ4n) is 1.71. The van der Waals surface area contributed by atoms with Crippen molar-refractivity contribution in [1.29, 1.82) is 0 Å². The zero-order chi connectivity index (χ0) is 13.3. The highest BCUT2D eigenvalue weighted by Crippen LogP contribution is 2.24. The summed E-state index contributed by atoms with van der Waals surface area (Å²) in [4.78, 5) is 13.0. The minimum Gasteiger partial charge on any atom is -0.356 e. The van der Waals surface area contributed by atoms with E-state index in [2.05, 4.69) is 5.32 Å². The van der Waals surface area contributed by atoms with E-state index in [1.54, 1.807) is 12.1 Å². The normalized spacial score (nSPS) is 17.2. The van der Waals surface area contributed by atoms with E-state index in [1.165, 1.54) is 11.8 Å². The predicted octanol–water partition coefficient (Wildman–Crippen LogP) is 3.07. The molecule has 0 radical (unpaired) electrons. The van der Waals surface area contributed by atoms with Gasteiger partial charge in [-0.15, -0.1) is 0 Å². The van der Waals surface area contributed by atoms with Crippen LogP contribution in [0, 0.1) is 0 Å². The highest BCUT2D eigenvalue weighted by Gasteiger charge is 2.25. The van der Waals surface area contributed by atoms with Gasteiger partial charge in [0.05, 0.1) is 16.6 Å². The molecule has 1 heterocycles.